The predicted octanol–water partition coefficient (Wildman–Crippen LogP) is 3.13. The second-order valence-electron chi connectivity index (χ2n) is 6.14. The molecule has 1 amide bonds. The number of piperidine rings is 1. The van der Waals surface area contributed by atoms with Gasteiger partial charge in [-0.1, -0.05) is 20.3 Å². The molecule has 0 bridgehead atoms. The van der Waals surface area contributed by atoms with Gasteiger partial charge in [0.1, 0.15) is 0 Å². The number of amides is 1. The van der Waals surface area contributed by atoms with Gasteiger partial charge in [0.15, 0.2) is 0 Å². The minimum absolute atomic E-state index is 0.165. The van der Waals surface area contributed by atoms with Gasteiger partial charge in [0.25, 0.3) is 0 Å². The number of nitrogens with zero attached hydrogens (tertiary/aromatic N) is 2. The van der Waals surface area contributed by atoms with Crippen LogP contribution in [0.4, 0.5) is 4.79 Å². The summed E-state index contributed by atoms with van der Waals surface area (Å²) < 4.78 is 5.31. The van der Waals surface area contributed by atoms with Crippen LogP contribution in [0.15, 0.2) is 18.3 Å². The van der Waals surface area contributed by atoms with Crippen LogP contribution in [-0.2, 0) is 17.7 Å². The van der Waals surface area contributed by atoms with Gasteiger partial charge in [-0.15, -0.1) is 0 Å². The standard InChI is InChI=1S/C18H29N3O2/c1-3-5-11-23-18(22)21-10-6-7-17(14-21)20-13-15-8-9-19-16(4-2)12-15/h8-9,12,17,20H,3-7,10-11,13-14H2,1-2H3. The Morgan fingerprint density at radius 3 is 3.13 bits per heavy atom. The van der Waals surface area contributed by atoms with Crippen molar-refractivity contribution in [1.29, 1.82) is 0 Å². The largest absolute Gasteiger partial charge is 0.449 e. The normalized spacial score (nSPS) is 18.0. The van der Waals surface area contributed by atoms with Crippen LogP contribution in [-0.4, -0.2) is 41.7 Å². The van der Waals surface area contributed by atoms with Crippen LogP contribution in [0.1, 0.15) is 50.8 Å². The zero-order chi connectivity index (χ0) is 16.5. The summed E-state index contributed by atoms with van der Waals surface area (Å²) in [7, 11) is 0. The van der Waals surface area contributed by atoms with Crippen LogP contribution in [0, 0.1) is 0 Å². The third-order valence-electron chi connectivity index (χ3n) is 4.24. The van der Waals surface area contributed by atoms with E-state index in [-0.39, 0.29) is 6.09 Å². The number of unbranched alkanes of at least 4 members (excludes halogenated alkanes) is 1. The molecule has 0 aliphatic carbocycles. The minimum Gasteiger partial charge on any atom is -0.449 e. The topological polar surface area (TPSA) is 54.5 Å². The second-order valence-corrected chi connectivity index (χ2v) is 6.14. The zero-order valence-corrected chi connectivity index (χ0v) is 14.4. The van der Waals surface area contributed by atoms with Gasteiger partial charge in [-0.3, -0.25) is 4.98 Å². The number of pyridine rings is 1. The molecule has 1 unspecified atom stereocenters. The number of likely N-dealkylation sites (tertiary alicyclic amines) is 1. The van der Waals surface area contributed by atoms with E-state index in [2.05, 4.69) is 30.2 Å². The maximum Gasteiger partial charge on any atom is 0.409 e. The molecule has 1 aromatic rings. The lowest BCUT2D eigenvalue weighted by Gasteiger charge is -2.32. The fourth-order valence-electron chi connectivity index (χ4n) is 2.80. The van der Waals surface area contributed by atoms with Gasteiger partial charge in [0, 0.05) is 37.6 Å². The van der Waals surface area contributed by atoms with Crippen molar-refractivity contribution < 1.29 is 9.53 Å². The molecule has 1 aliphatic rings. The van der Waals surface area contributed by atoms with Crippen LogP contribution >= 0.6 is 0 Å². The van der Waals surface area contributed by atoms with Gasteiger partial charge in [-0.05, 0) is 43.4 Å². The van der Waals surface area contributed by atoms with E-state index in [1.165, 1.54) is 5.56 Å². The molecule has 0 spiro atoms. The Labute approximate surface area is 139 Å². The molecule has 128 valence electrons. The number of carbonyl (C=O) groups excluding carboxylic acids is 1. The number of hydrogen-bond donors (Lipinski definition) is 1. The van der Waals surface area contributed by atoms with Gasteiger partial charge in [-0.2, -0.15) is 0 Å². The smallest absolute Gasteiger partial charge is 0.409 e. The van der Waals surface area contributed by atoms with Crippen LogP contribution in [0.5, 0.6) is 0 Å². The average Bonchev–Trinajstić information content (AvgIpc) is 2.60. The third-order valence-corrected chi connectivity index (χ3v) is 4.24. The van der Waals surface area contributed by atoms with Crippen LogP contribution in [0.2, 0.25) is 0 Å². The summed E-state index contributed by atoms with van der Waals surface area (Å²) in [5.41, 5.74) is 2.37. The Morgan fingerprint density at radius 2 is 2.35 bits per heavy atom. The first-order valence-electron chi connectivity index (χ1n) is 8.81. The van der Waals surface area contributed by atoms with Gasteiger partial charge >= 0.3 is 6.09 Å². The maximum atomic E-state index is 12.0. The quantitative estimate of drug-likeness (QED) is 0.785. The summed E-state index contributed by atoms with van der Waals surface area (Å²) in [6, 6.07) is 4.53. The minimum atomic E-state index is -0.165. The molecule has 1 atom stereocenters. The highest BCUT2D eigenvalue weighted by Gasteiger charge is 2.24. The van der Waals surface area contributed by atoms with E-state index in [1.54, 1.807) is 0 Å². The van der Waals surface area contributed by atoms with Crippen LogP contribution in [0.3, 0.4) is 0 Å². The molecule has 2 rings (SSSR count). The fraction of sp³-hybridized carbons (Fsp3) is 0.667. The molecule has 5 heteroatoms. The molecule has 5 nitrogen and oxygen atoms in total. The Kier molecular flexibility index (Phi) is 7.33. The highest BCUT2D eigenvalue weighted by Crippen LogP contribution is 2.12. The molecule has 1 fully saturated rings. The van der Waals surface area contributed by atoms with Crippen molar-refractivity contribution in [3.05, 3.63) is 29.6 Å². The summed E-state index contributed by atoms with van der Waals surface area (Å²) in [5.74, 6) is 0. The molecule has 1 aromatic heterocycles. The van der Waals surface area contributed by atoms with Gasteiger partial charge < -0.3 is 15.0 Å². The van der Waals surface area contributed by atoms with Crippen molar-refractivity contribution in [1.82, 2.24) is 15.2 Å². The first kappa shape index (κ1) is 17.7. The molecule has 0 radical (unpaired) electrons. The Bertz CT molecular complexity index is 493. The first-order valence-corrected chi connectivity index (χ1v) is 8.81. The summed E-state index contributed by atoms with van der Waals surface area (Å²) >= 11 is 0. The number of aryl methyl sites for hydroxylation is 1. The Hall–Kier alpha value is -1.62. The van der Waals surface area contributed by atoms with E-state index in [0.717, 1.165) is 57.4 Å². The number of nitrogens with one attached hydrogen (secondary N) is 1. The number of ether oxygens (including phenoxy) is 1. The van der Waals surface area contributed by atoms with E-state index in [1.807, 2.05) is 17.2 Å². The molecule has 0 aromatic carbocycles. The Morgan fingerprint density at radius 1 is 1.48 bits per heavy atom. The van der Waals surface area contributed by atoms with Crippen LogP contribution in [0.25, 0.3) is 0 Å². The molecule has 23 heavy (non-hydrogen) atoms. The predicted molar refractivity (Wildman–Crippen MR) is 91.3 cm³/mol. The zero-order valence-electron chi connectivity index (χ0n) is 14.4. The lowest BCUT2D eigenvalue weighted by atomic mass is 10.1. The number of rotatable bonds is 7. The van der Waals surface area contributed by atoms with Crippen molar-refractivity contribution in [2.24, 2.45) is 0 Å². The molecule has 1 saturated heterocycles. The number of hydrogen-bond acceptors (Lipinski definition) is 4. The van der Waals surface area contributed by atoms with E-state index >= 15 is 0 Å². The van der Waals surface area contributed by atoms with Gasteiger partial charge in [-0.25, -0.2) is 4.79 Å². The van der Waals surface area contributed by atoms with E-state index in [0.29, 0.717) is 12.6 Å². The highest BCUT2D eigenvalue weighted by molar-refractivity contribution is 5.67. The average molecular weight is 319 g/mol. The maximum absolute atomic E-state index is 12.0. The van der Waals surface area contributed by atoms with Crippen LogP contribution < -0.4 is 5.32 Å². The molecule has 1 aliphatic heterocycles. The van der Waals surface area contributed by atoms with Crippen molar-refractivity contribution >= 4 is 6.09 Å². The molecule has 0 saturated carbocycles. The Balaban J connectivity index is 1.78. The lowest BCUT2D eigenvalue weighted by molar-refractivity contribution is 0.0876. The highest BCUT2D eigenvalue weighted by atomic mass is 16.6. The fourth-order valence-corrected chi connectivity index (χ4v) is 2.80. The van der Waals surface area contributed by atoms with Crippen molar-refractivity contribution in [2.45, 2.75) is 58.5 Å². The second kappa shape index (κ2) is 9.50. The van der Waals surface area contributed by atoms with Gasteiger partial charge in [0.2, 0.25) is 0 Å². The van der Waals surface area contributed by atoms with Gasteiger partial charge in [0.05, 0.1) is 6.61 Å². The summed E-state index contributed by atoms with van der Waals surface area (Å²) in [5, 5.41) is 3.56. The van der Waals surface area contributed by atoms with Crippen molar-refractivity contribution in [2.75, 3.05) is 19.7 Å². The summed E-state index contributed by atoms with van der Waals surface area (Å²) in [4.78, 5) is 18.2. The number of carbonyl (C=O) groups is 1. The molecule has 2 heterocycles. The summed E-state index contributed by atoms with van der Waals surface area (Å²) in [6.45, 7) is 7.09. The first-order chi connectivity index (χ1) is 11.2. The van der Waals surface area contributed by atoms with E-state index in [9.17, 15) is 4.79 Å². The molecular formula is C18H29N3O2. The van der Waals surface area contributed by atoms with Crippen molar-refractivity contribution in [3.8, 4) is 0 Å². The number of aromatic nitrogens is 1. The molecular weight excluding hydrogens is 290 g/mol. The third kappa shape index (κ3) is 5.82. The monoisotopic (exact) mass is 319 g/mol. The summed E-state index contributed by atoms with van der Waals surface area (Å²) in [6.07, 6.45) is 6.76. The lowest BCUT2D eigenvalue weighted by Crippen LogP contribution is -2.48. The SMILES string of the molecule is CCCCOC(=O)N1CCCC(NCc2ccnc(CC)c2)C1. The van der Waals surface area contributed by atoms with Crippen molar-refractivity contribution in [3.63, 3.8) is 0 Å². The van der Waals surface area contributed by atoms with E-state index in [4.69, 9.17) is 4.74 Å². The molecule has 1 N–H and O–H groups in total. The van der Waals surface area contributed by atoms with E-state index < -0.39 is 0 Å².